The first-order valence-corrected chi connectivity index (χ1v) is 9.34. The summed E-state index contributed by atoms with van der Waals surface area (Å²) < 4.78 is 2.04. The molecule has 0 saturated carbocycles. The number of aryl methyl sites for hydroxylation is 1. The molecule has 4 aromatic heterocycles. The topological polar surface area (TPSA) is 37.6 Å². The molecule has 22 heavy (non-hydrogen) atoms. The third-order valence-electron chi connectivity index (χ3n) is 3.65. The van der Waals surface area contributed by atoms with E-state index >= 15 is 0 Å². The number of rotatable bonds is 3. The molecule has 112 valence electrons. The van der Waals surface area contributed by atoms with Gasteiger partial charge in [-0.15, -0.1) is 34.0 Å². The highest BCUT2D eigenvalue weighted by Crippen LogP contribution is 2.29. The lowest BCUT2D eigenvalue weighted by molar-refractivity contribution is 0.0791. The van der Waals surface area contributed by atoms with Crippen LogP contribution in [0.4, 0.5) is 0 Å². The molecular formula is C15H13N3OS3. The van der Waals surface area contributed by atoms with Gasteiger partial charge in [0.1, 0.15) is 4.83 Å². The van der Waals surface area contributed by atoms with E-state index in [2.05, 4.69) is 23.4 Å². The zero-order valence-electron chi connectivity index (χ0n) is 12.1. The molecule has 4 rings (SSSR count). The van der Waals surface area contributed by atoms with E-state index in [1.54, 1.807) is 27.6 Å². The molecule has 0 radical (unpaired) electrons. The summed E-state index contributed by atoms with van der Waals surface area (Å²) in [5.74, 6) is 0.0554. The highest BCUT2D eigenvalue weighted by Gasteiger charge is 2.19. The van der Waals surface area contributed by atoms with Crippen LogP contribution < -0.4 is 0 Å². The standard InChI is InChI=1S/C15H13N3OS3/c1-9-3-5-20-12(9)8-17(2)14(19)11-7-10-13(22-11)16-15-18(10)4-6-21-15/h3-7H,8H2,1-2H3. The van der Waals surface area contributed by atoms with Gasteiger partial charge in [-0.25, -0.2) is 4.98 Å². The second-order valence-electron chi connectivity index (χ2n) is 5.16. The summed E-state index contributed by atoms with van der Waals surface area (Å²) in [4.78, 5) is 22.8. The summed E-state index contributed by atoms with van der Waals surface area (Å²) in [5.41, 5.74) is 2.26. The Morgan fingerprint density at radius 2 is 2.23 bits per heavy atom. The summed E-state index contributed by atoms with van der Waals surface area (Å²) in [6, 6.07) is 4.04. The van der Waals surface area contributed by atoms with Crippen LogP contribution >= 0.6 is 34.0 Å². The molecule has 0 atom stereocenters. The zero-order chi connectivity index (χ0) is 15.3. The van der Waals surface area contributed by atoms with E-state index in [0.717, 1.165) is 20.2 Å². The maximum Gasteiger partial charge on any atom is 0.264 e. The second-order valence-corrected chi connectivity index (χ2v) is 8.06. The van der Waals surface area contributed by atoms with Gasteiger partial charge >= 0.3 is 0 Å². The molecule has 0 aliphatic carbocycles. The number of thiazole rings is 1. The van der Waals surface area contributed by atoms with Gasteiger partial charge in [-0.1, -0.05) is 0 Å². The van der Waals surface area contributed by atoms with Crippen molar-refractivity contribution in [3.05, 3.63) is 44.4 Å². The maximum atomic E-state index is 12.6. The fourth-order valence-electron chi connectivity index (χ4n) is 2.39. The minimum Gasteiger partial charge on any atom is -0.336 e. The van der Waals surface area contributed by atoms with Gasteiger partial charge in [0, 0.05) is 23.5 Å². The predicted octanol–water partition coefficient (Wildman–Crippen LogP) is 4.25. The van der Waals surface area contributed by atoms with Gasteiger partial charge in [-0.05, 0) is 30.0 Å². The Hall–Kier alpha value is -1.70. The Morgan fingerprint density at radius 1 is 1.36 bits per heavy atom. The lowest BCUT2D eigenvalue weighted by Gasteiger charge is -2.15. The van der Waals surface area contributed by atoms with Gasteiger partial charge in [-0.2, -0.15) is 0 Å². The van der Waals surface area contributed by atoms with Crippen molar-refractivity contribution in [3.63, 3.8) is 0 Å². The van der Waals surface area contributed by atoms with E-state index in [4.69, 9.17) is 0 Å². The van der Waals surface area contributed by atoms with Crippen LogP contribution in [0.1, 0.15) is 20.1 Å². The number of hydrogen-bond donors (Lipinski definition) is 0. The van der Waals surface area contributed by atoms with Crippen LogP contribution in [0, 0.1) is 6.92 Å². The Labute approximate surface area is 139 Å². The first kappa shape index (κ1) is 13.9. The van der Waals surface area contributed by atoms with Gasteiger partial charge in [0.05, 0.1) is 16.9 Å². The first-order chi connectivity index (χ1) is 10.6. The molecule has 0 bridgehead atoms. The number of fused-ring (bicyclic) bond motifs is 3. The minimum absolute atomic E-state index is 0.0554. The number of hydrogen-bond acceptors (Lipinski definition) is 5. The van der Waals surface area contributed by atoms with Crippen molar-refractivity contribution in [2.45, 2.75) is 13.5 Å². The molecule has 0 fully saturated rings. The van der Waals surface area contributed by atoms with E-state index in [-0.39, 0.29) is 5.91 Å². The normalized spacial score (nSPS) is 11.5. The Kier molecular flexibility index (Phi) is 3.28. The highest BCUT2D eigenvalue weighted by atomic mass is 32.1. The van der Waals surface area contributed by atoms with Crippen molar-refractivity contribution in [1.82, 2.24) is 14.3 Å². The minimum atomic E-state index is 0.0554. The van der Waals surface area contributed by atoms with Crippen LogP contribution in [0.15, 0.2) is 29.1 Å². The molecule has 0 saturated heterocycles. The molecule has 4 nitrogen and oxygen atoms in total. The van der Waals surface area contributed by atoms with E-state index in [1.807, 2.05) is 29.1 Å². The summed E-state index contributed by atoms with van der Waals surface area (Å²) >= 11 is 4.77. The average Bonchev–Trinajstić information content (AvgIpc) is 3.21. The smallest absolute Gasteiger partial charge is 0.264 e. The molecule has 7 heteroatoms. The number of carbonyl (C=O) groups is 1. The molecule has 4 heterocycles. The van der Waals surface area contributed by atoms with Gasteiger partial charge in [-0.3, -0.25) is 9.20 Å². The third-order valence-corrected chi connectivity index (χ3v) is 6.42. The van der Waals surface area contributed by atoms with Crippen molar-refractivity contribution >= 4 is 55.2 Å². The lowest BCUT2D eigenvalue weighted by atomic mass is 10.3. The van der Waals surface area contributed by atoms with Crippen molar-refractivity contribution in [1.29, 1.82) is 0 Å². The Balaban J connectivity index is 1.63. The molecule has 4 aromatic rings. The average molecular weight is 347 g/mol. The van der Waals surface area contributed by atoms with Gasteiger partial charge in [0.2, 0.25) is 0 Å². The largest absolute Gasteiger partial charge is 0.336 e. The molecule has 0 unspecified atom stereocenters. The fourth-order valence-corrected chi connectivity index (χ4v) is 5.15. The van der Waals surface area contributed by atoms with Crippen molar-refractivity contribution in [2.24, 2.45) is 0 Å². The van der Waals surface area contributed by atoms with E-state index < -0.39 is 0 Å². The first-order valence-electron chi connectivity index (χ1n) is 6.77. The number of thiophene rings is 2. The quantitative estimate of drug-likeness (QED) is 0.555. The molecule has 0 aliphatic heterocycles. The summed E-state index contributed by atoms with van der Waals surface area (Å²) in [7, 11) is 1.85. The molecule has 0 aliphatic rings. The number of carbonyl (C=O) groups excluding carboxylic acids is 1. The molecular weight excluding hydrogens is 334 g/mol. The van der Waals surface area contributed by atoms with Crippen LogP contribution in [-0.4, -0.2) is 27.2 Å². The zero-order valence-corrected chi connectivity index (χ0v) is 14.5. The van der Waals surface area contributed by atoms with Gasteiger partial charge in [0.25, 0.3) is 5.91 Å². The second kappa shape index (κ2) is 5.19. The lowest BCUT2D eigenvalue weighted by Crippen LogP contribution is -2.25. The van der Waals surface area contributed by atoms with Gasteiger partial charge < -0.3 is 4.90 Å². The number of nitrogens with zero attached hydrogens (tertiary/aromatic N) is 3. The summed E-state index contributed by atoms with van der Waals surface area (Å²) in [6.07, 6.45) is 2.00. The maximum absolute atomic E-state index is 12.6. The fraction of sp³-hybridized carbons (Fsp3) is 0.200. The molecule has 1 amide bonds. The summed E-state index contributed by atoms with van der Waals surface area (Å²) in [5, 5.41) is 4.07. The number of amides is 1. The Bertz CT molecular complexity index is 975. The van der Waals surface area contributed by atoms with E-state index in [0.29, 0.717) is 6.54 Å². The van der Waals surface area contributed by atoms with Crippen LogP contribution in [0.2, 0.25) is 0 Å². The number of imidazole rings is 1. The van der Waals surface area contributed by atoms with Crippen molar-refractivity contribution in [2.75, 3.05) is 7.05 Å². The predicted molar refractivity (Wildman–Crippen MR) is 93.3 cm³/mol. The molecule has 0 spiro atoms. The highest BCUT2D eigenvalue weighted by molar-refractivity contribution is 7.21. The van der Waals surface area contributed by atoms with Crippen molar-refractivity contribution in [3.8, 4) is 0 Å². The molecule has 0 aromatic carbocycles. The Morgan fingerprint density at radius 3 is 3.00 bits per heavy atom. The van der Waals surface area contributed by atoms with Crippen LogP contribution in [0.5, 0.6) is 0 Å². The monoisotopic (exact) mass is 347 g/mol. The third kappa shape index (κ3) is 2.16. The van der Waals surface area contributed by atoms with E-state index in [9.17, 15) is 4.79 Å². The van der Waals surface area contributed by atoms with E-state index in [1.165, 1.54) is 21.8 Å². The van der Waals surface area contributed by atoms with Crippen molar-refractivity contribution < 1.29 is 4.79 Å². The summed E-state index contributed by atoms with van der Waals surface area (Å²) in [6.45, 7) is 2.73. The van der Waals surface area contributed by atoms with Gasteiger partial charge in [0.15, 0.2) is 4.96 Å². The van der Waals surface area contributed by atoms with Crippen LogP contribution in [-0.2, 0) is 6.54 Å². The van der Waals surface area contributed by atoms with Crippen LogP contribution in [0.25, 0.3) is 15.3 Å². The SMILES string of the molecule is Cc1ccsc1CN(C)C(=O)c1cc2c(nc3sccn32)s1. The van der Waals surface area contributed by atoms with Crippen LogP contribution in [0.3, 0.4) is 0 Å². The number of aromatic nitrogens is 2. The molecule has 0 N–H and O–H groups in total.